The maximum atomic E-state index is 11.2. The number of sulfonamides is 1. The van der Waals surface area contributed by atoms with Crippen molar-refractivity contribution in [2.45, 2.75) is 33.1 Å². The summed E-state index contributed by atoms with van der Waals surface area (Å²) < 4.78 is 30.9. The summed E-state index contributed by atoms with van der Waals surface area (Å²) in [5.41, 5.74) is 4.18. The molecule has 0 aliphatic rings. The van der Waals surface area contributed by atoms with E-state index in [2.05, 4.69) is 48.7 Å². The van der Waals surface area contributed by atoms with Gasteiger partial charge in [0.05, 0.1) is 12.9 Å². The molecule has 0 unspecified atom stereocenters. The molecule has 162 valence electrons. The minimum Gasteiger partial charge on any atom is -0.493 e. The van der Waals surface area contributed by atoms with E-state index in [1.54, 1.807) is 12.1 Å². The maximum Gasteiger partial charge on any atom is 0.229 e. The van der Waals surface area contributed by atoms with Crippen LogP contribution in [0.5, 0.6) is 5.75 Å². The van der Waals surface area contributed by atoms with Crippen molar-refractivity contribution in [2.75, 3.05) is 37.7 Å². The van der Waals surface area contributed by atoms with Crippen molar-refractivity contribution in [3.05, 3.63) is 59.2 Å². The monoisotopic (exact) mass is 440 g/mol. The standard InChI is InChI=1S/C22H32N2O3S.ClH/c1-18-8-7-9-19(2)22(18)27-17-6-5-15-24(3)16-14-20-10-12-21(13-11-20)23-28(4,25)26;/h7-13,23H,5-6,14-17H2,1-4H3;1H. The fraction of sp³-hybridized carbons (Fsp3) is 0.455. The van der Waals surface area contributed by atoms with Crippen LogP contribution in [0.25, 0.3) is 0 Å². The molecule has 1 N–H and O–H groups in total. The second kappa shape index (κ2) is 12.1. The van der Waals surface area contributed by atoms with E-state index in [0.29, 0.717) is 5.69 Å². The number of halogens is 1. The first-order chi connectivity index (χ1) is 13.2. The van der Waals surface area contributed by atoms with Crippen LogP contribution in [0.4, 0.5) is 5.69 Å². The topological polar surface area (TPSA) is 58.6 Å². The molecule has 0 aromatic heterocycles. The Labute approximate surface area is 181 Å². The van der Waals surface area contributed by atoms with Crippen molar-refractivity contribution in [3.63, 3.8) is 0 Å². The first kappa shape index (κ1) is 25.3. The molecular formula is C22H33ClN2O3S. The normalized spacial score (nSPS) is 11.2. The van der Waals surface area contributed by atoms with E-state index < -0.39 is 10.0 Å². The lowest BCUT2D eigenvalue weighted by atomic mass is 10.1. The highest BCUT2D eigenvalue weighted by Crippen LogP contribution is 2.22. The van der Waals surface area contributed by atoms with Gasteiger partial charge >= 0.3 is 0 Å². The van der Waals surface area contributed by atoms with E-state index in [9.17, 15) is 8.42 Å². The van der Waals surface area contributed by atoms with Crippen LogP contribution in [0.15, 0.2) is 42.5 Å². The van der Waals surface area contributed by atoms with Gasteiger partial charge in [0.15, 0.2) is 0 Å². The Morgan fingerprint density at radius 2 is 1.59 bits per heavy atom. The molecule has 0 atom stereocenters. The highest BCUT2D eigenvalue weighted by Gasteiger charge is 2.05. The zero-order valence-corrected chi connectivity index (χ0v) is 19.4. The van der Waals surface area contributed by atoms with Gasteiger partial charge in [-0.2, -0.15) is 0 Å². The molecule has 0 aliphatic carbocycles. The second-order valence-corrected chi connectivity index (χ2v) is 9.15. The number of para-hydroxylation sites is 1. The number of anilines is 1. The van der Waals surface area contributed by atoms with Gasteiger partial charge in [-0.25, -0.2) is 8.42 Å². The summed E-state index contributed by atoms with van der Waals surface area (Å²) in [6, 6.07) is 13.8. The van der Waals surface area contributed by atoms with Crippen molar-refractivity contribution < 1.29 is 13.2 Å². The molecule has 5 nitrogen and oxygen atoms in total. The summed E-state index contributed by atoms with van der Waals surface area (Å²) in [6.07, 6.45) is 4.22. The summed E-state index contributed by atoms with van der Waals surface area (Å²) in [5.74, 6) is 1.02. The summed E-state index contributed by atoms with van der Waals surface area (Å²) >= 11 is 0. The number of ether oxygens (including phenoxy) is 1. The van der Waals surface area contributed by atoms with Crippen molar-refractivity contribution >= 4 is 28.1 Å². The van der Waals surface area contributed by atoms with Crippen molar-refractivity contribution in [1.82, 2.24) is 4.90 Å². The fourth-order valence-electron chi connectivity index (χ4n) is 3.07. The Bertz CT molecular complexity index is 835. The summed E-state index contributed by atoms with van der Waals surface area (Å²) in [6.45, 7) is 6.91. The SMILES string of the molecule is Cc1cccc(C)c1OCCCCN(C)CCc1ccc(NS(C)(=O)=O)cc1.Cl. The van der Waals surface area contributed by atoms with Crippen LogP contribution in [0.1, 0.15) is 29.5 Å². The molecule has 0 spiro atoms. The number of benzene rings is 2. The molecule has 0 saturated carbocycles. The molecule has 2 aromatic carbocycles. The molecule has 2 aromatic rings. The van der Waals surface area contributed by atoms with Gasteiger partial charge in [0, 0.05) is 12.2 Å². The summed E-state index contributed by atoms with van der Waals surface area (Å²) in [5, 5.41) is 0. The van der Waals surface area contributed by atoms with Gasteiger partial charge in [0.2, 0.25) is 10.0 Å². The number of unbranched alkanes of at least 4 members (excludes halogenated alkanes) is 1. The van der Waals surface area contributed by atoms with E-state index in [1.807, 2.05) is 12.1 Å². The third kappa shape index (κ3) is 9.52. The Hall–Kier alpha value is -1.76. The first-order valence-electron chi connectivity index (χ1n) is 9.69. The fourth-order valence-corrected chi connectivity index (χ4v) is 3.63. The van der Waals surface area contributed by atoms with E-state index in [-0.39, 0.29) is 12.4 Å². The Morgan fingerprint density at radius 3 is 2.17 bits per heavy atom. The van der Waals surface area contributed by atoms with Gasteiger partial charge in [-0.3, -0.25) is 4.72 Å². The van der Waals surface area contributed by atoms with Crippen LogP contribution in [-0.4, -0.2) is 46.3 Å². The largest absolute Gasteiger partial charge is 0.493 e. The molecule has 0 bridgehead atoms. The lowest BCUT2D eigenvalue weighted by Gasteiger charge is -2.17. The highest BCUT2D eigenvalue weighted by molar-refractivity contribution is 7.92. The van der Waals surface area contributed by atoms with Crippen LogP contribution in [0.3, 0.4) is 0 Å². The minimum absolute atomic E-state index is 0. The Kier molecular flexibility index (Phi) is 10.5. The predicted molar refractivity (Wildman–Crippen MR) is 124 cm³/mol. The average Bonchev–Trinajstić information content (AvgIpc) is 2.62. The lowest BCUT2D eigenvalue weighted by molar-refractivity contribution is 0.278. The molecule has 7 heteroatoms. The van der Waals surface area contributed by atoms with E-state index in [0.717, 1.165) is 51.0 Å². The molecule has 29 heavy (non-hydrogen) atoms. The average molecular weight is 441 g/mol. The Morgan fingerprint density at radius 1 is 0.966 bits per heavy atom. The molecular weight excluding hydrogens is 408 g/mol. The Balaban J connectivity index is 0.00000420. The summed E-state index contributed by atoms with van der Waals surface area (Å²) in [4.78, 5) is 2.32. The van der Waals surface area contributed by atoms with Crippen molar-refractivity contribution in [3.8, 4) is 5.75 Å². The molecule has 2 rings (SSSR count). The number of likely N-dealkylation sites (N-methyl/N-ethyl adjacent to an activating group) is 1. The number of rotatable bonds is 11. The van der Waals surface area contributed by atoms with Gasteiger partial charge in [0.25, 0.3) is 0 Å². The van der Waals surface area contributed by atoms with E-state index >= 15 is 0 Å². The molecule has 0 amide bonds. The van der Waals surface area contributed by atoms with Crippen molar-refractivity contribution in [1.29, 1.82) is 0 Å². The number of aryl methyl sites for hydroxylation is 2. The zero-order chi connectivity index (χ0) is 20.6. The van der Waals surface area contributed by atoms with Crippen LogP contribution < -0.4 is 9.46 Å². The van der Waals surface area contributed by atoms with Crippen LogP contribution >= 0.6 is 12.4 Å². The van der Waals surface area contributed by atoms with Crippen LogP contribution in [0.2, 0.25) is 0 Å². The van der Waals surface area contributed by atoms with Gasteiger partial charge in [-0.1, -0.05) is 30.3 Å². The number of hydrogen-bond acceptors (Lipinski definition) is 4. The first-order valence-corrected chi connectivity index (χ1v) is 11.6. The maximum absolute atomic E-state index is 11.2. The third-order valence-electron chi connectivity index (χ3n) is 4.63. The summed E-state index contributed by atoms with van der Waals surface area (Å²) in [7, 11) is -1.09. The van der Waals surface area contributed by atoms with Gasteiger partial charge in [-0.15, -0.1) is 12.4 Å². The second-order valence-electron chi connectivity index (χ2n) is 7.40. The number of nitrogens with zero attached hydrogens (tertiary/aromatic N) is 1. The quantitative estimate of drug-likeness (QED) is 0.525. The molecule has 0 saturated heterocycles. The molecule has 0 heterocycles. The van der Waals surface area contributed by atoms with Gasteiger partial charge in [0.1, 0.15) is 5.75 Å². The molecule has 0 aliphatic heterocycles. The predicted octanol–water partition coefficient (Wildman–Crippen LogP) is 4.43. The highest BCUT2D eigenvalue weighted by atomic mass is 35.5. The molecule has 0 radical (unpaired) electrons. The van der Waals surface area contributed by atoms with Gasteiger partial charge < -0.3 is 9.64 Å². The van der Waals surface area contributed by atoms with E-state index in [4.69, 9.17) is 4.74 Å². The van der Waals surface area contributed by atoms with Crippen LogP contribution in [0, 0.1) is 13.8 Å². The lowest BCUT2D eigenvalue weighted by Crippen LogP contribution is -2.22. The smallest absolute Gasteiger partial charge is 0.229 e. The minimum atomic E-state index is -3.22. The zero-order valence-electron chi connectivity index (χ0n) is 17.8. The number of nitrogens with one attached hydrogen (secondary N) is 1. The molecule has 0 fully saturated rings. The number of hydrogen-bond donors (Lipinski definition) is 1. The van der Waals surface area contributed by atoms with E-state index in [1.165, 1.54) is 16.7 Å². The van der Waals surface area contributed by atoms with Crippen molar-refractivity contribution in [2.24, 2.45) is 0 Å². The third-order valence-corrected chi connectivity index (χ3v) is 5.24. The van der Waals surface area contributed by atoms with Gasteiger partial charge in [-0.05, 0) is 75.5 Å². The van der Waals surface area contributed by atoms with Crippen LogP contribution in [-0.2, 0) is 16.4 Å².